The predicted molar refractivity (Wildman–Crippen MR) is 92.5 cm³/mol. The number of ether oxygens (including phenoxy) is 1. The van der Waals surface area contributed by atoms with Crippen LogP contribution in [0.5, 0.6) is 5.75 Å². The maximum Gasteiger partial charge on any atom is 0.251 e. The number of hydrogen-bond acceptors (Lipinski definition) is 5. The lowest BCUT2D eigenvalue weighted by Crippen LogP contribution is -2.46. The van der Waals surface area contributed by atoms with Gasteiger partial charge >= 0.3 is 0 Å². The molecule has 1 aliphatic carbocycles. The topological polar surface area (TPSA) is 76.1 Å². The maximum atomic E-state index is 12.2. The van der Waals surface area contributed by atoms with E-state index in [1.54, 1.807) is 43.8 Å². The normalized spacial score (nSPS) is 19.2. The smallest absolute Gasteiger partial charge is 0.251 e. The fourth-order valence-electron chi connectivity index (χ4n) is 2.67. The Balaban J connectivity index is 1.40. The molecule has 6 nitrogen and oxygen atoms in total. The summed E-state index contributed by atoms with van der Waals surface area (Å²) in [6.07, 6.45) is 5.02. The average molecular weight is 347 g/mol. The Morgan fingerprint density at radius 3 is 2.54 bits per heavy atom. The van der Waals surface area contributed by atoms with E-state index in [4.69, 9.17) is 16.3 Å². The van der Waals surface area contributed by atoms with Gasteiger partial charge in [0.2, 0.25) is 5.95 Å². The van der Waals surface area contributed by atoms with Crippen LogP contribution in [0.25, 0.3) is 0 Å². The number of methoxy groups -OCH3 is 1. The van der Waals surface area contributed by atoms with E-state index in [9.17, 15) is 4.79 Å². The fraction of sp³-hybridized carbons (Fsp3) is 0.353. The van der Waals surface area contributed by atoms with Crippen molar-refractivity contribution in [3.8, 4) is 5.75 Å². The molecular formula is C17H19ClN4O2. The van der Waals surface area contributed by atoms with Crippen LogP contribution in [0.3, 0.4) is 0 Å². The Labute approximate surface area is 145 Å². The second kappa shape index (κ2) is 7.49. The number of nitrogens with one attached hydrogen (secondary N) is 2. The Bertz CT molecular complexity index is 685. The van der Waals surface area contributed by atoms with E-state index in [1.807, 2.05) is 0 Å². The van der Waals surface area contributed by atoms with Crippen molar-refractivity contribution in [1.82, 2.24) is 15.3 Å². The van der Waals surface area contributed by atoms with Crippen molar-refractivity contribution in [3.63, 3.8) is 0 Å². The molecule has 0 spiro atoms. The number of carbonyl (C=O) groups is 1. The minimum absolute atomic E-state index is 0.0462. The van der Waals surface area contributed by atoms with Crippen LogP contribution in [0.4, 0.5) is 5.95 Å². The van der Waals surface area contributed by atoms with Crippen molar-refractivity contribution in [2.45, 2.75) is 18.9 Å². The van der Waals surface area contributed by atoms with Gasteiger partial charge in [0, 0.05) is 18.2 Å². The van der Waals surface area contributed by atoms with Gasteiger partial charge in [0.15, 0.2) is 0 Å². The maximum absolute atomic E-state index is 12.2. The Morgan fingerprint density at radius 2 is 1.92 bits per heavy atom. The van der Waals surface area contributed by atoms with Crippen LogP contribution in [0.1, 0.15) is 23.2 Å². The molecule has 1 aliphatic rings. The highest BCUT2D eigenvalue weighted by Crippen LogP contribution is 2.27. The summed E-state index contributed by atoms with van der Waals surface area (Å²) in [7, 11) is 1.60. The molecule has 1 saturated carbocycles. The van der Waals surface area contributed by atoms with E-state index < -0.39 is 0 Å². The van der Waals surface area contributed by atoms with Crippen molar-refractivity contribution in [3.05, 3.63) is 47.2 Å². The molecule has 0 bridgehead atoms. The van der Waals surface area contributed by atoms with E-state index in [1.165, 1.54) is 0 Å². The van der Waals surface area contributed by atoms with Crippen molar-refractivity contribution in [2.75, 3.05) is 19.0 Å². The summed E-state index contributed by atoms with van der Waals surface area (Å²) in [6.45, 7) is 0.788. The third-order valence-corrected chi connectivity index (χ3v) is 4.29. The minimum Gasteiger partial charge on any atom is -0.497 e. The van der Waals surface area contributed by atoms with E-state index in [0.717, 1.165) is 25.1 Å². The van der Waals surface area contributed by atoms with Gasteiger partial charge in [-0.2, -0.15) is 0 Å². The first-order chi connectivity index (χ1) is 11.6. The summed E-state index contributed by atoms with van der Waals surface area (Å²) in [6, 6.07) is 7.33. The number of carbonyl (C=O) groups excluding carboxylic acids is 1. The molecule has 0 radical (unpaired) electrons. The fourth-order valence-corrected chi connectivity index (χ4v) is 2.77. The van der Waals surface area contributed by atoms with Crippen LogP contribution in [-0.2, 0) is 0 Å². The highest BCUT2D eigenvalue weighted by atomic mass is 35.5. The number of halogens is 1. The molecule has 24 heavy (non-hydrogen) atoms. The van der Waals surface area contributed by atoms with Gasteiger partial charge in [-0.3, -0.25) is 4.79 Å². The molecular weight excluding hydrogens is 328 g/mol. The van der Waals surface area contributed by atoms with E-state index in [0.29, 0.717) is 22.5 Å². The quantitative estimate of drug-likeness (QED) is 0.841. The van der Waals surface area contributed by atoms with Gasteiger partial charge in [-0.25, -0.2) is 9.97 Å². The lowest BCUT2D eigenvalue weighted by molar-refractivity contribution is 0.0894. The molecule has 3 rings (SSSR count). The molecule has 1 aromatic carbocycles. The molecule has 126 valence electrons. The molecule has 0 aliphatic heterocycles. The lowest BCUT2D eigenvalue weighted by atomic mass is 9.80. The number of anilines is 1. The average Bonchev–Trinajstić information content (AvgIpc) is 2.58. The third-order valence-electron chi connectivity index (χ3n) is 4.09. The number of rotatable bonds is 6. The van der Waals surface area contributed by atoms with E-state index >= 15 is 0 Å². The summed E-state index contributed by atoms with van der Waals surface area (Å²) >= 11 is 5.75. The second-order valence-corrected chi connectivity index (χ2v) is 6.28. The molecule has 1 amide bonds. The summed E-state index contributed by atoms with van der Waals surface area (Å²) in [5, 5.41) is 6.75. The highest BCUT2D eigenvalue weighted by molar-refractivity contribution is 6.30. The molecule has 1 aromatic heterocycles. The minimum atomic E-state index is -0.0462. The van der Waals surface area contributed by atoms with Gasteiger partial charge in [0.05, 0.1) is 24.5 Å². The molecule has 2 N–H and O–H groups in total. The number of benzene rings is 1. The third kappa shape index (κ3) is 4.14. The number of hydrogen-bond donors (Lipinski definition) is 2. The first-order valence-corrected chi connectivity index (χ1v) is 8.18. The first-order valence-electron chi connectivity index (χ1n) is 7.80. The SMILES string of the molecule is COc1ccc(C(=O)NC2CC(CNc3ncc(Cl)cn3)C2)cc1. The standard InChI is InChI=1S/C17H19ClN4O2/c1-24-15-4-2-12(3-5-15)16(23)22-14-6-11(7-14)8-19-17-20-9-13(18)10-21-17/h2-5,9-11,14H,6-8H2,1H3,(H,22,23)(H,19,20,21). The summed E-state index contributed by atoms with van der Waals surface area (Å²) in [5.74, 6) is 1.77. The van der Waals surface area contributed by atoms with E-state index in [-0.39, 0.29) is 11.9 Å². The Kier molecular flexibility index (Phi) is 5.15. The molecule has 7 heteroatoms. The number of aromatic nitrogens is 2. The largest absolute Gasteiger partial charge is 0.497 e. The van der Waals surface area contributed by atoms with Crippen LogP contribution in [0.2, 0.25) is 5.02 Å². The molecule has 0 saturated heterocycles. The van der Waals surface area contributed by atoms with Gasteiger partial charge in [0.1, 0.15) is 5.75 Å². The van der Waals surface area contributed by atoms with Crippen LogP contribution in [-0.4, -0.2) is 35.6 Å². The first kappa shape index (κ1) is 16.5. The summed E-state index contributed by atoms with van der Waals surface area (Å²) in [5.41, 5.74) is 0.645. The zero-order valence-electron chi connectivity index (χ0n) is 13.3. The highest BCUT2D eigenvalue weighted by Gasteiger charge is 2.30. The van der Waals surface area contributed by atoms with Crippen molar-refractivity contribution in [1.29, 1.82) is 0 Å². The van der Waals surface area contributed by atoms with Crippen LogP contribution >= 0.6 is 11.6 Å². The molecule has 0 unspecified atom stereocenters. The van der Waals surface area contributed by atoms with Gasteiger partial charge < -0.3 is 15.4 Å². The molecule has 1 fully saturated rings. The second-order valence-electron chi connectivity index (χ2n) is 5.84. The van der Waals surface area contributed by atoms with Crippen LogP contribution in [0, 0.1) is 5.92 Å². The van der Waals surface area contributed by atoms with Crippen molar-refractivity contribution >= 4 is 23.5 Å². The Hall–Kier alpha value is -2.34. The van der Waals surface area contributed by atoms with Crippen LogP contribution in [0.15, 0.2) is 36.7 Å². The zero-order valence-corrected chi connectivity index (χ0v) is 14.1. The summed E-state index contributed by atoms with van der Waals surface area (Å²) in [4.78, 5) is 20.4. The van der Waals surface area contributed by atoms with Gasteiger partial charge in [-0.1, -0.05) is 11.6 Å². The van der Waals surface area contributed by atoms with Gasteiger partial charge in [-0.05, 0) is 43.0 Å². The monoisotopic (exact) mass is 346 g/mol. The van der Waals surface area contributed by atoms with Crippen LogP contribution < -0.4 is 15.4 Å². The van der Waals surface area contributed by atoms with Gasteiger partial charge in [0.25, 0.3) is 5.91 Å². The van der Waals surface area contributed by atoms with Crippen molar-refractivity contribution < 1.29 is 9.53 Å². The molecule has 1 heterocycles. The van der Waals surface area contributed by atoms with Gasteiger partial charge in [-0.15, -0.1) is 0 Å². The number of nitrogens with zero attached hydrogens (tertiary/aromatic N) is 2. The Morgan fingerprint density at radius 1 is 1.25 bits per heavy atom. The summed E-state index contributed by atoms with van der Waals surface area (Å²) < 4.78 is 5.09. The molecule has 2 aromatic rings. The van der Waals surface area contributed by atoms with Crippen molar-refractivity contribution in [2.24, 2.45) is 5.92 Å². The zero-order chi connectivity index (χ0) is 16.9. The molecule has 0 atom stereocenters. The predicted octanol–water partition coefficient (Wildman–Crippen LogP) is 2.76. The number of amides is 1. The lowest BCUT2D eigenvalue weighted by Gasteiger charge is -2.35. The van der Waals surface area contributed by atoms with E-state index in [2.05, 4.69) is 20.6 Å².